The average Bonchev–Trinajstić information content (AvgIpc) is 3.16. The lowest BCUT2D eigenvalue weighted by molar-refractivity contribution is 0.0951. The van der Waals surface area contributed by atoms with Gasteiger partial charge in [0.15, 0.2) is 5.65 Å². The molecule has 7 heteroatoms. The van der Waals surface area contributed by atoms with E-state index in [4.69, 9.17) is 0 Å². The van der Waals surface area contributed by atoms with Crippen molar-refractivity contribution in [3.8, 4) is 11.1 Å². The van der Waals surface area contributed by atoms with Crippen molar-refractivity contribution in [2.24, 2.45) is 0 Å². The van der Waals surface area contributed by atoms with Gasteiger partial charge < -0.3 is 15.5 Å². The van der Waals surface area contributed by atoms with E-state index < -0.39 is 0 Å². The maximum atomic E-state index is 12.2. The first-order valence-electron chi connectivity index (χ1n) is 10.2. The van der Waals surface area contributed by atoms with Crippen LogP contribution in [0.3, 0.4) is 0 Å². The van der Waals surface area contributed by atoms with Crippen LogP contribution in [0, 0.1) is 6.92 Å². The van der Waals surface area contributed by atoms with Gasteiger partial charge in [-0.3, -0.25) is 4.79 Å². The zero-order valence-electron chi connectivity index (χ0n) is 18.0. The number of pyridine rings is 1. The summed E-state index contributed by atoms with van der Waals surface area (Å²) < 4.78 is 1.77. The van der Waals surface area contributed by atoms with Crippen LogP contribution in [0.1, 0.15) is 15.9 Å². The number of hydrogen-bond donors (Lipinski definition) is 2. The Kier molecular flexibility index (Phi) is 5.95. The number of nitrogens with one attached hydrogen (secondary N) is 2. The van der Waals surface area contributed by atoms with E-state index >= 15 is 0 Å². The number of rotatable bonds is 7. The fraction of sp³-hybridized carbons (Fsp3) is 0.208. The van der Waals surface area contributed by atoms with Crippen molar-refractivity contribution in [2.45, 2.75) is 6.92 Å². The molecule has 0 saturated heterocycles. The topological polar surface area (TPSA) is 74.6 Å². The molecular weight excluding hydrogens is 388 g/mol. The molecule has 2 N–H and O–H groups in total. The molecule has 2 aromatic heterocycles. The molecule has 31 heavy (non-hydrogen) atoms. The van der Waals surface area contributed by atoms with Crippen LogP contribution in [0.5, 0.6) is 0 Å². The first-order chi connectivity index (χ1) is 15.0. The number of nitrogens with zero attached hydrogens (tertiary/aromatic N) is 4. The van der Waals surface area contributed by atoms with Gasteiger partial charge in [-0.25, -0.2) is 4.52 Å². The molecule has 2 aromatic carbocycles. The maximum absolute atomic E-state index is 12.2. The monoisotopic (exact) mass is 414 g/mol. The quantitative estimate of drug-likeness (QED) is 0.482. The summed E-state index contributed by atoms with van der Waals surface area (Å²) in [5, 5.41) is 10.7. The Morgan fingerprint density at radius 2 is 1.87 bits per heavy atom. The summed E-state index contributed by atoms with van der Waals surface area (Å²) in [6.45, 7) is 3.49. The molecule has 0 spiro atoms. The lowest BCUT2D eigenvalue weighted by Gasteiger charge is -2.10. The average molecular weight is 415 g/mol. The number of fused-ring (bicyclic) bond motifs is 1. The standard InChI is InChI=1S/C24H26N6O/c1-17-6-4-7-19(16-17)21-8-5-14-30-22(21)27-24(28-30)26-20-11-9-18(10-12-20)23(31)25-13-15-29(2)3/h4-12,14,16H,13,15H2,1-3H3,(H,25,31)(H,26,28). The van der Waals surface area contributed by atoms with Crippen molar-refractivity contribution in [3.63, 3.8) is 0 Å². The highest BCUT2D eigenvalue weighted by Gasteiger charge is 2.11. The van der Waals surface area contributed by atoms with Crippen LogP contribution < -0.4 is 10.6 Å². The molecule has 0 radical (unpaired) electrons. The van der Waals surface area contributed by atoms with Crippen molar-refractivity contribution >= 4 is 23.2 Å². The molecule has 0 atom stereocenters. The summed E-state index contributed by atoms with van der Waals surface area (Å²) in [7, 11) is 3.95. The number of aromatic nitrogens is 3. The molecule has 4 rings (SSSR count). The van der Waals surface area contributed by atoms with Gasteiger partial charge in [0.2, 0.25) is 5.95 Å². The van der Waals surface area contributed by atoms with E-state index in [9.17, 15) is 4.79 Å². The third kappa shape index (κ3) is 4.90. The van der Waals surface area contributed by atoms with Crippen LogP contribution in [0.2, 0.25) is 0 Å². The van der Waals surface area contributed by atoms with Crippen LogP contribution in [0.15, 0.2) is 66.9 Å². The number of amides is 1. The third-order valence-corrected chi connectivity index (χ3v) is 4.94. The van der Waals surface area contributed by atoms with Crippen LogP contribution in [0.4, 0.5) is 11.6 Å². The summed E-state index contributed by atoms with van der Waals surface area (Å²) in [6, 6.07) is 19.6. The fourth-order valence-electron chi connectivity index (χ4n) is 3.33. The molecule has 0 aliphatic heterocycles. The zero-order chi connectivity index (χ0) is 21.8. The molecule has 0 unspecified atom stereocenters. The van der Waals surface area contributed by atoms with E-state index in [-0.39, 0.29) is 5.91 Å². The first-order valence-corrected chi connectivity index (χ1v) is 10.2. The van der Waals surface area contributed by atoms with Gasteiger partial charge in [0, 0.05) is 36.1 Å². The maximum Gasteiger partial charge on any atom is 0.251 e. The number of aryl methyl sites for hydroxylation is 1. The van der Waals surface area contributed by atoms with Crippen LogP contribution in [0.25, 0.3) is 16.8 Å². The predicted octanol–water partition coefficient (Wildman–Crippen LogP) is 3.74. The summed E-state index contributed by atoms with van der Waals surface area (Å²) >= 11 is 0. The molecule has 0 bridgehead atoms. The van der Waals surface area contributed by atoms with Crippen molar-refractivity contribution < 1.29 is 4.79 Å². The zero-order valence-corrected chi connectivity index (χ0v) is 18.0. The van der Waals surface area contributed by atoms with Gasteiger partial charge >= 0.3 is 0 Å². The number of carbonyl (C=O) groups is 1. The molecule has 0 aliphatic carbocycles. The predicted molar refractivity (Wildman–Crippen MR) is 124 cm³/mol. The number of carbonyl (C=O) groups excluding carboxylic acids is 1. The molecule has 7 nitrogen and oxygen atoms in total. The first kappa shape index (κ1) is 20.6. The third-order valence-electron chi connectivity index (χ3n) is 4.94. The minimum absolute atomic E-state index is 0.0814. The Labute approximate surface area is 181 Å². The normalized spacial score (nSPS) is 11.1. The highest BCUT2D eigenvalue weighted by atomic mass is 16.1. The van der Waals surface area contributed by atoms with Crippen molar-refractivity contribution in [1.29, 1.82) is 0 Å². The van der Waals surface area contributed by atoms with Crippen molar-refractivity contribution in [1.82, 2.24) is 24.8 Å². The number of benzene rings is 2. The second-order valence-electron chi connectivity index (χ2n) is 7.76. The van der Waals surface area contributed by atoms with E-state index in [0.717, 1.165) is 29.0 Å². The minimum atomic E-state index is -0.0814. The molecule has 1 amide bonds. The smallest absolute Gasteiger partial charge is 0.251 e. The van der Waals surface area contributed by atoms with Crippen LogP contribution in [-0.2, 0) is 0 Å². The summed E-state index contributed by atoms with van der Waals surface area (Å²) in [4.78, 5) is 18.9. The van der Waals surface area contributed by atoms with Gasteiger partial charge in [-0.05, 0) is 63.0 Å². The Morgan fingerprint density at radius 3 is 2.61 bits per heavy atom. The largest absolute Gasteiger partial charge is 0.351 e. The number of likely N-dealkylation sites (N-methyl/N-ethyl adjacent to an activating group) is 1. The van der Waals surface area contributed by atoms with E-state index in [0.29, 0.717) is 18.1 Å². The Balaban J connectivity index is 1.50. The van der Waals surface area contributed by atoms with Crippen LogP contribution in [-0.4, -0.2) is 52.6 Å². The molecule has 158 valence electrons. The van der Waals surface area contributed by atoms with E-state index in [2.05, 4.69) is 45.8 Å². The van der Waals surface area contributed by atoms with Gasteiger partial charge in [-0.2, -0.15) is 4.98 Å². The molecule has 4 aromatic rings. The van der Waals surface area contributed by atoms with Gasteiger partial charge in [0.05, 0.1) is 0 Å². The van der Waals surface area contributed by atoms with Gasteiger partial charge in [-0.15, -0.1) is 5.10 Å². The summed E-state index contributed by atoms with van der Waals surface area (Å²) in [6.07, 6.45) is 1.88. The molecule has 0 saturated carbocycles. The molecule has 0 aliphatic rings. The van der Waals surface area contributed by atoms with Gasteiger partial charge in [-0.1, -0.05) is 29.8 Å². The summed E-state index contributed by atoms with van der Waals surface area (Å²) in [5.41, 5.74) is 5.55. The van der Waals surface area contributed by atoms with Gasteiger partial charge in [0.1, 0.15) is 0 Å². The van der Waals surface area contributed by atoms with E-state index in [1.807, 2.05) is 55.5 Å². The van der Waals surface area contributed by atoms with Crippen molar-refractivity contribution in [3.05, 3.63) is 78.0 Å². The van der Waals surface area contributed by atoms with E-state index in [1.165, 1.54) is 5.56 Å². The molecule has 0 fully saturated rings. The lowest BCUT2D eigenvalue weighted by atomic mass is 10.1. The highest BCUT2D eigenvalue weighted by Crippen LogP contribution is 2.25. The van der Waals surface area contributed by atoms with Gasteiger partial charge in [0.25, 0.3) is 5.91 Å². The Morgan fingerprint density at radius 1 is 1.06 bits per heavy atom. The SMILES string of the molecule is Cc1cccc(-c2cccn3nc(Nc4ccc(C(=O)NCCN(C)C)cc4)nc23)c1. The lowest BCUT2D eigenvalue weighted by Crippen LogP contribution is -2.31. The molecule has 2 heterocycles. The van der Waals surface area contributed by atoms with Crippen LogP contribution >= 0.6 is 0 Å². The summed E-state index contributed by atoms with van der Waals surface area (Å²) in [5.74, 6) is 0.422. The van der Waals surface area contributed by atoms with Crippen molar-refractivity contribution in [2.75, 3.05) is 32.5 Å². The second kappa shape index (κ2) is 8.97. The Hall–Kier alpha value is -3.71. The number of anilines is 2. The number of hydrogen-bond acceptors (Lipinski definition) is 5. The minimum Gasteiger partial charge on any atom is -0.351 e. The Bertz CT molecular complexity index is 1200. The fourth-order valence-corrected chi connectivity index (χ4v) is 3.33. The van der Waals surface area contributed by atoms with E-state index in [1.54, 1.807) is 16.6 Å². The molecular formula is C24H26N6O. The highest BCUT2D eigenvalue weighted by molar-refractivity contribution is 5.94. The second-order valence-corrected chi connectivity index (χ2v) is 7.76.